The predicted octanol–water partition coefficient (Wildman–Crippen LogP) is -2.70. The SMILES string of the molecule is CC(=O)N[C@@H]([C@@H]1O[C@](O)(C(=O)O)C[C@H](O)[C@H]1NC(C)=O)[C@@H](C)O. The van der Waals surface area contributed by atoms with Crippen molar-refractivity contribution in [3.8, 4) is 0 Å². The van der Waals surface area contributed by atoms with Gasteiger partial charge in [0.1, 0.15) is 6.10 Å². The molecular formula is C13H22N2O8. The first-order valence-corrected chi connectivity index (χ1v) is 7.02. The highest BCUT2D eigenvalue weighted by Crippen LogP contribution is 2.30. The molecule has 1 aliphatic heterocycles. The van der Waals surface area contributed by atoms with Gasteiger partial charge in [-0.1, -0.05) is 0 Å². The highest BCUT2D eigenvalue weighted by Gasteiger charge is 2.53. The summed E-state index contributed by atoms with van der Waals surface area (Å²) in [5, 5.41) is 43.8. The van der Waals surface area contributed by atoms with Gasteiger partial charge in [0.15, 0.2) is 0 Å². The van der Waals surface area contributed by atoms with Gasteiger partial charge in [0.25, 0.3) is 5.79 Å². The number of carboxylic acids is 1. The van der Waals surface area contributed by atoms with Gasteiger partial charge in [-0.15, -0.1) is 0 Å². The third kappa shape index (κ3) is 4.61. The van der Waals surface area contributed by atoms with E-state index >= 15 is 0 Å². The van der Waals surface area contributed by atoms with Gasteiger partial charge < -0.3 is 35.8 Å². The Balaban J connectivity index is 3.21. The van der Waals surface area contributed by atoms with Gasteiger partial charge in [0.2, 0.25) is 11.8 Å². The lowest BCUT2D eigenvalue weighted by Crippen LogP contribution is -2.69. The number of ether oxygens (including phenoxy) is 1. The van der Waals surface area contributed by atoms with Crippen molar-refractivity contribution in [2.24, 2.45) is 0 Å². The zero-order chi connectivity index (χ0) is 17.9. The average molecular weight is 334 g/mol. The van der Waals surface area contributed by atoms with Gasteiger partial charge in [-0.2, -0.15) is 0 Å². The molecule has 1 fully saturated rings. The lowest BCUT2D eigenvalue weighted by atomic mass is 9.87. The molecule has 0 bridgehead atoms. The van der Waals surface area contributed by atoms with Crippen molar-refractivity contribution in [1.82, 2.24) is 10.6 Å². The first kappa shape index (κ1) is 19.3. The summed E-state index contributed by atoms with van der Waals surface area (Å²) in [7, 11) is 0. The molecule has 6 N–H and O–H groups in total. The average Bonchev–Trinajstić information content (AvgIpc) is 2.38. The number of carbonyl (C=O) groups excluding carboxylic acids is 2. The molecule has 1 aliphatic rings. The molecule has 1 heterocycles. The smallest absolute Gasteiger partial charge is 0.364 e. The van der Waals surface area contributed by atoms with Gasteiger partial charge in [-0.3, -0.25) is 9.59 Å². The van der Waals surface area contributed by atoms with E-state index in [4.69, 9.17) is 9.84 Å². The molecule has 0 saturated carbocycles. The summed E-state index contributed by atoms with van der Waals surface area (Å²) in [4.78, 5) is 33.8. The van der Waals surface area contributed by atoms with Crippen molar-refractivity contribution < 1.29 is 39.5 Å². The number of aliphatic hydroxyl groups is 3. The standard InChI is InChI=1S/C13H22N2O8/c1-5(16)9(14-6(2)17)11-10(15-7(3)18)8(19)4-13(22,23-11)12(20)21/h5,8-11,16,19,22H,4H2,1-3H3,(H,14,17)(H,15,18)(H,20,21)/t5-,8+,9-,10-,11+,13+/m1/s1. The Morgan fingerprint density at radius 3 is 2.22 bits per heavy atom. The number of amides is 2. The van der Waals surface area contributed by atoms with E-state index in [1.165, 1.54) is 20.8 Å². The molecular weight excluding hydrogens is 312 g/mol. The van der Waals surface area contributed by atoms with Gasteiger partial charge in [0, 0.05) is 20.3 Å². The molecule has 0 unspecified atom stereocenters. The fourth-order valence-corrected chi connectivity index (χ4v) is 2.54. The number of aliphatic hydroxyl groups excluding tert-OH is 2. The molecule has 6 atom stereocenters. The second-order valence-corrected chi connectivity index (χ2v) is 5.64. The second kappa shape index (κ2) is 7.21. The summed E-state index contributed by atoms with van der Waals surface area (Å²) < 4.78 is 5.15. The molecule has 10 nitrogen and oxygen atoms in total. The van der Waals surface area contributed by atoms with Crippen LogP contribution in [0, 0.1) is 0 Å². The largest absolute Gasteiger partial charge is 0.477 e. The summed E-state index contributed by atoms with van der Waals surface area (Å²) >= 11 is 0. The maximum atomic E-state index is 11.3. The molecule has 1 saturated heterocycles. The Hall–Kier alpha value is -1.75. The van der Waals surface area contributed by atoms with Crippen LogP contribution in [0.2, 0.25) is 0 Å². The van der Waals surface area contributed by atoms with E-state index in [9.17, 15) is 29.7 Å². The Morgan fingerprint density at radius 2 is 1.83 bits per heavy atom. The lowest BCUT2D eigenvalue weighted by Gasteiger charge is -2.45. The second-order valence-electron chi connectivity index (χ2n) is 5.64. The van der Waals surface area contributed by atoms with Crippen LogP contribution < -0.4 is 10.6 Å². The summed E-state index contributed by atoms with van der Waals surface area (Å²) in [5.41, 5.74) is 0. The van der Waals surface area contributed by atoms with Crippen molar-refractivity contribution in [1.29, 1.82) is 0 Å². The van der Waals surface area contributed by atoms with Crippen molar-refractivity contribution >= 4 is 17.8 Å². The monoisotopic (exact) mass is 334 g/mol. The van der Waals surface area contributed by atoms with E-state index < -0.39 is 60.4 Å². The Morgan fingerprint density at radius 1 is 1.26 bits per heavy atom. The minimum absolute atomic E-state index is 0.532. The fraction of sp³-hybridized carbons (Fsp3) is 0.769. The van der Waals surface area contributed by atoms with E-state index in [1.807, 2.05) is 0 Å². The normalized spacial score (nSPS) is 33.4. The van der Waals surface area contributed by atoms with Crippen LogP contribution in [0.5, 0.6) is 0 Å². The molecule has 132 valence electrons. The highest BCUT2D eigenvalue weighted by molar-refractivity contribution is 5.76. The van der Waals surface area contributed by atoms with Crippen LogP contribution in [0.4, 0.5) is 0 Å². The van der Waals surface area contributed by atoms with Crippen LogP contribution in [0.3, 0.4) is 0 Å². The van der Waals surface area contributed by atoms with E-state index in [-0.39, 0.29) is 0 Å². The first-order valence-electron chi connectivity index (χ1n) is 7.02. The maximum Gasteiger partial charge on any atom is 0.364 e. The summed E-state index contributed by atoms with van der Waals surface area (Å²) in [6, 6.07) is -2.29. The highest BCUT2D eigenvalue weighted by atomic mass is 16.7. The number of carbonyl (C=O) groups is 3. The maximum absolute atomic E-state index is 11.3. The topological polar surface area (TPSA) is 165 Å². The van der Waals surface area contributed by atoms with E-state index in [2.05, 4.69) is 10.6 Å². The Bertz CT molecular complexity index is 465. The Labute approximate surface area is 132 Å². The van der Waals surface area contributed by atoms with E-state index in [0.29, 0.717) is 0 Å². The van der Waals surface area contributed by atoms with Gasteiger partial charge >= 0.3 is 5.97 Å². The Kier molecular flexibility index (Phi) is 6.05. The number of hydrogen-bond donors (Lipinski definition) is 6. The number of aliphatic carboxylic acids is 1. The molecule has 0 aromatic rings. The fourth-order valence-electron chi connectivity index (χ4n) is 2.54. The first-order chi connectivity index (χ1) is 10.5. The van der Waals surface area contributed by atoms with Crippen LogP contribution in [-0.4, -0.2) is 74.4 Å². The molecule has 10 heteroatoms. The van der Waals surface area contributed by atoms with Crippen molar-refractivity contribution in [3.05, 3.63) is 0 Å². The number of nitrogens with one attached hydrogen (secondary N) is 2. The zero-order valence-electron chi connectivity index (χ0n) is 13.0. The molecule has 0 aliphatic carbocycles. The van der Waals surface area contributed by atoms with Gasteiger partial charge in [-0.25, -0.2) is 4.79 Å². The molecule has 2 amide bonds. The number of hydrogen-bond acceptors (Lipinski definition) is 7. The van der Waals surface area contributed by atoms with Crippen LogP contribution in [-0.2, 0) is 19.1 Å². The minimum atomic E-state index is -2.70. The van der Waals surface area contributed by atoms with Crippen LogP contribution in [0.25, 0.3) is 0 Å². The predicted molar refractivity (Wildman–Crippen MR) is 75.0 cm³/mol. The van der Waals surface area contributed by atoms with Crippen molar-refractivity contribution in [2.45, 2.75) is 63.4 Å². The van der Waals surface area contributed by atoms with E-state index in [0.717, 1.165) is 0 Å². The third-order valence-electron chi connectivity index (χ3n) is 3.53. The summed E-state index contributed by atoms with van der Waals surface area (Å²) in [6.07, 6.45) is -4.72. The lowest BCUT2D eigenvalue weighted by molar-refractivity contribution is -0.283. The van der Waals surface area contributed by atoms with Crippen molar-refractivity contribution in [2.75, 3.05) is 0 Å². The van der Waals surface area contributed by atoms with Gasteiger partial charge in [-0.05, 0) is 6.92 Å². The molecule has 1 rings (SSSR count). The van der Waals surface area contributed by atoms with Crippen LogP contribution in [0.1, 0.15) is 27.2 Å². The molecule has 0 aromatic carbocycles. The van der Waals surface area contributed by atoms with Crippen LogP contribution in [0.15, 0.2) is 0 Å². The molecule has 0 aromatic heterocycles. The summed E-state index contributed by atoms with van der Waals surface area (Å²) in [5.74, 6) is -5.50. The van der Waals surface area contributed by atoms with Crippen LogP contribution >= 0.6 is 0 Å². The molecule has 23 heavy (non-hydrogen) atoms. The van der Waals surface area contributed by atoms with Crippen molar-refractivity contribution in [3.63, 3.8) is 0 Å². The zero-order valence-corrected chi connectivity index (χ0v) is 13.0. The number of rotatable bonds is 5. The molecule has 0 spiro atoms. The third-order valence-corrected chi connectivity index (χ3v) is 3.53. The summed E-state index contributed by atoms with van der Waals surface area (Å²) in [6.45, 7) is 3.67. The van der Waals surface area contributed by atoms with E-state index in [1.54, 1.807) is 0 Å². The quantitative estimate of drug-likeness (QED) is 0.316. The minimum Gasteiger partial charge on any atom is -0.477 e. The molecule has 0 radical (unpaired) electrons. The van der Waals surface area contributed by atoms with Gasteiger partial charge in [0.05, 0.1) is 24.3 Å². The number of carboxylic acid groups (broad SMARTS) is 1.